The number of hydrogen-bond acceptors (Lipinski definition) is 5. The molecule has 0 aliphatic heterocycles. The highest BCUT2D eigenvalue weighted by Gasteiger charge is 2.02. The molecule has 0 saturated heterocycles. The number of nitrogen functional groups attached to an aromatic ring is 1. The quantitative estimate of drug-likeness (QED) is 0.381. The number of hydrogen-bond donors (Lipinski definition) is 2. The maximum Gasteiger partial charge on any atom is 0.173 e. The Morgan fingerprint density at radius 2 is 2.00 bits per heavy atom. The van der Waals surface area contributed by atoms with Crippen LogP contribution in [-0.4, -0.2) is 26.9 Å². The summed E-state index contributed by atoms with van der Waals surface area (Å²) in [6.07, 6.45) is 4.48. The number of carbonyl (C=O) groups is 1. The van der Waals surface area contributed by atoms with Gasteiger partial charge in [0.1, 0.15) is 11.5 Å². The van der Waals surface area contributed by atoms with Crippen LogP contribution >= 0.6 is 15.9 Å². The Kier molecular flexibility index (Phi) is 6.71. The summed E-state index contributed by atoms with van der Waals surface area (Å²) in [4.78, 5) is 18.6. The number of nitrogens with one attached hydrogen (secondary N) is 1. The Bertz CT molecular complexity index is 649. The molecule has 21 heavy (non-hydrogen) atoms. The molecule has 2 aromatic rings. The molecule has 0 saturated carbocycles. The van der Waals surface area contributed by atoms with Crippen molar-refractivity contribution in [3.05, 3.63) is 59.7 Å². The minimum atomic E-state index is -0.0527. The number of aromatic nitrogens is 2. The molecule has 0 spiro atoms. The van der Waals surface area contributed by atoms with E-state index in [4.69, 9.17) is 16.4 Å². The second-order valence-electron chi connectivity index (χ2n) is 3.75. The maximum absolute atomic E-state index is 11.1. The number of nitriles is 1. The summed E-state index contributed by atoms with van der Waals surface area (Å²) in [5.74, 6) is -0.0254. The predicted molar refractivity (Wildman–Crippen MR) is 82.3 cm³/mol. The van der Waals surface area contributed by atoms with Gasteiger partial charge in [-0.25, -0.2) is 4.98 Å². The predicted octanol–water partition coefficient (Wildman–Crippen LogP) is 1.90. The van der Waals surface area contributed by atoms with E-state index in [0.717, 1.165) is 0 Å². The largest absolute Gasteiger partial charge is 0.382 e. The fraction of sp³-hybridized carbons (Fsp3) is 0.0714. The lowest BCUT2D eigenvalue weighted by molar-refractivity contribution is 0.102. The van der Waals surface area contributed by atoms with Crippen molar-refractivity contribution in [2.75, 3.05) is 5.33 Å². The van der Waals surface area contributed by atoms with Gasteiger partial charge in [-0.2, -0.15) is 5.26 Å². The van der Waals surface area contributed by atoms with Crippen LogP contribution in [0.25, 0.3) is 0 Å². The van der Waals surface area contributed by atoms with Gasteiger partial charge in [-0.15, -0.1) is 0 Å². The van der Waals surface area contributed by atoms with Crippen molar-refractivity contribution >= 4 is 27.5 Å². The summed E-state index contributed by atoms with van der Waals surface area (Å²) in [7, 11) is 0. The number of ketones is 1. The normalized spacial score (nSPS) is 8.95. The van der Waals surface area contributed by atoms with E-state index in [0.29, 0.717) is 22.2 Å². The van der Waals surface area contributed by atoms with Crippen molar-refractivity contribution in [2.45, 2.75) is 0 Å². The standard InChI is InChI=1S/C9H6BrNO.C5H6N4/c10-5-9(12)8-3-1-7(6-11)2-4-8;6-5(7)4-3-8-1-2-9-4/h1-4H,5H2;1-3H,(H3,6,7). The molecule has 0 unspecified atom stereocenters. The van der Waals surface area contributed by atoms with E-state index in [1.54, 1.807) is 24.3 Å². The van der Waals surface area contributed by atoms with Gasteiger partial charge in [0.05, 0.1) is 23.2 Å². The third kappa shape index (κ3) is 5.50. The molecule has 1 heterocycles. The van der Waals surface area contributed by atoms with Crippen molar-refractivity contribution in [1.29, 1.82) is 10.7 Å². The van der Waals surface area contributed by atoms with Gasteiger partial charge in [-0.3, -0.25) is 15.2 Å². The zero-order valence-corrected chi connectivity index (χ0v) is 12.5. The van der Waals surface area contributed by atoms with E-state index < -0.39 is 0 Å². The summed E-state index contributed by atoms with van der Waals surface area (Å²) in [6.45, 7) is 0. The molecule has 3 N–H and O–H groups in total. The van der Waals surface area contributed by atoms with Crippen LogP contribution in [0.4, 0.5) is 0 Å². The smallest absolute Gasteiger partial charge is 0.173 e. The number of benzene rings is 1. The van der Waals surface area contributed by atoms with E-state index in [1.165, 1.54) is 18.6 Å². The first-order valence-corrected chi connectivity index (χ1v) is 6.90. The molecule has 0 aliphatic carbocycles. The second-order valence-corrected chi connectivity index (χ2v) is 4.31. The lowest BCUT2D eigenvalue weighted by atomic mass is 10.1. The Balaban J connectivity index is 0.000000219. The molecule has 0 aliphatic rings. The van der Waals surface area contributed by atoms with Crippen molar-refractivity contribution in [2.24, 2.45) is 5.73 Å². The number of alkyl halides is 1. The van der Waals surface area contributed by atoms with E-state index in [9.17, 15) is 4.79 Å². The summed E-state index contributed by atoms with van der Waals surface area (Å²) in [6, 6.07) is 8.57. The van der Waals surface area contributed by atoms with Crippen LogP contribution in [0.15, 0.2) is 42.9 Å². The molecule has 0 amide bonds. The van der Waals surface area contributed by atoms with Crippen LogP contribution in [0, 0.1) is 16.7 Å². The highest BCUT2D eigenvalue weighted by Crippen LogP contribution is 2.05. The monoisotopic (exact) mass is 345 g/mol. The molecule has 2 rings (SSSR count). The van der Waals surface area contributed by atoms with Crippen LogP contribution in [-0.2, 0) is 0 Å². The zero-order chi connectivity index (χ0) is 15.7. The van der Waals surface area contributed by atoms with E-state index in [2.05, 4.69) is 25.9 Å². The maximum atomic E-state index is 11.1. The zero-order valence-electron chi connectivity index (χ0n) is 11.0. The number of amidine groups is 1. The summed E-state index contributed by atoms with van der Waals surface area (Å²) >= 11 is 3.07. The fourth-order valence-corrected chi connectivity index (χ4v) is 1.57. The third-order valence-electron chi connectivity index (χ3n) is 2.30. The van der Waals surface area contributed by atoms with Crippen molar-refractivity contribution in [3.8, 4) is 6.07 Å². The number of nitrogens with zero attached hydrogens (tertiary/aromatic N) is 3. The van der Waals surface area contributed by atoms with Crippen molar-refractivity contribution < 1.29 is 4.79 Å². The molecule has 0 fully saturated rings. The third-order valence-corrected chi connectivity index (χ3v) is 2.81. The van der Waals surface area contributed by atoms with Crippen LogP contribution in [0.2, 0.25) is 0 Å². The minimum Gasteiger partial charge on any atom is -0.382 e. The van der Waals surface area contributed by atoms with Gasteiger partial charge < -0.3 is 5.73 Å². The van der Waals surface area contributed by atoms with E-state index in [-0.39, 0.29) is 11.6 Å². The van der Waals surface area contributed by atoms with Gasteiger partial charge in [0, 0.05) is 18.0 Å². The van der Waals surface area contributed by atoms with Crippen LogP contribution in [0.3, 0.4) is 0 Å². The van der Waals surface area contributed by atoms with Gasteiger partial charge in [0.15, 0.2) is 5.78 Å². The number of nitrogens with two attached hydrogens (primary N) is 1. The molecule has 1 aromatic carbocycles. The Morgan fingerprint density at radius 3 is 2.38 bits per heavy atom. The fourth-order valence-electron chi connectivity index (χ4n) is 1.25. The molecule has 0 radical (unpaired) electrons. The highest BCUT2D eigenvalue weighted by molar-refractivity contribution is 9.09. The lowest BCUT2D eigenvalue weighted by Gasteiger charge is -1.95. The van der Waals surface area contributed by atoms with E-state index >= 15 is 0 Å². The summed E-state index contributed by atoms with van der Waals surface area (Å²) in [5.41, 5.74) is 6.71. The number of halogens is 1. The van der Waals surface area contributed by atoms with Gasteiger partial charge in [-0.1, -0.05) is 28.1 Å². The molecular formula is C14H12BrN5O. The molecule has 106 valence electrons. The van der Waals surface area contributed by atoms with Crippen LogP contribution in [0.5, 0.6) is 0 Å². The first-order chi connectivity index (χ1) is 10.1. The number of carbonyl (C=O) groups excluding carboxylic acids is 1. The molecule has 0 bridgehead atoms. The Hall–Kier alpha value is -2.59. The minimum absolute atomic E-state index is 0.0273. The molecule has 1 aromatic heterocycles. The molecule has 6 nitrogen and oxygen atoms in total. The Morgan fingerprint density at radius 1 is 1.33 bits per heavy atom. The topological polar surface area (TPSA) is 117 Å². The summed E-state index contributed by atoms with van der Waals surface area (Å²) < 4.78 is 0. The average Bonchev–Trinajstić information content (AvgIpc) is 2.55. The average molecular weight is 346 g/mol. The van der Waals surface area contributed by atoms with Crippen LogP contribution in [0.1, 0.15) is 21.6 Å². The number of rotatable bonds is 3. The molecule has 0 atom stereocenters. The second kappa shape index (κ2) is 8.55. The van der Waals surface area contributed by atoms with Gasteiger partial charge in [0.25, 0.3) is 0 Å². The molecular weight excluding hydrogens is 334 g/mol. The SMILES string of the molecule is N#Cc1ccc(C(=O)CBr)cc1.N=C(N)c1cnccn1. The van der Waals surface area contributed by atoms with Gasteiger partial charge in [0.2, 0.25) is 0 Å². The van der Waals surface area contributed by atoms with Crippen LogP contribution < -0.4 is 5.73 Å². The van der Waals surface area contributed by atoms with Crippen molar-refractivity contribution in [3.63, 3.8) is 0 Å². The highest BCUT2D eigenvalue weighted by atomic mass is 79.9. The van der Waals surface area contributed by atoms with Crippen molar-refractivity contribution in [1.82, 2.24) is 9.97 Å². The number of Topliss-reactive ketones (excluding diaryl/α,β-unsaturated/α-hetero) is 1. The lowest BCUT2D eigenvalue weighted by Crippen LogP contribution is -2.12. The molecule has 7 heteroatoms. The van der Waals surface area contributed by atoms with Gasteiger partial charge >= 0.3 is 0 Å². The first kappa shape index (κ1) is 16.5. The first-order valence-electron chi connectivity index (χ1n) is 5.78. The Labute approximate surface area is 130 Å². The van der Waals surface area contributed by atoms with Gasteiger partial charge in [-0.05, 0) is 12.1 Å². The van der Waals surface area contributed by atoms with E-state index in [1.807, 2.05) is 6.07 Å². The summed E-state index contributed by atoms with van der Waals surface area (Å²) in [5, 5.41) is 15.7.